The van der Waals surface area contributed by atoms with Crippen molar-refractivity contribution in [1.82, 2.24) is 0 Å². The van der Waals surface area contributed by atoms with Gasteiger partial charge < -0.3 is 5.73 Å². The minimum Gasteiger partial charge on any atom is -0.369 e. The highest BCUT2D eigenvalue weighted by Gasteiger charge is 2.07. The van der Waals surface area contributed by atoms with Gasteiger partial charge in [-0.3, -0.25) is 9.59 Å². The predicted octanol–water partition coefficient (Wildman–Crippen LogP) is 1.94. The Hall–Kier alpha value is -1.64. The highest BCUT2D eigenvalue weighted by molar-refractivity contribution is 5.96. The highest BCUT2D eigenvalue weighted by atomic mass is 16.1. The molecule has 2 N–H and O–H groups in total. The van der Waals surface area contributed by atoms with E-state index in [1.807, 2.05) is 13.8 Å². The van der Waals surface area contributed by atoms with E-state index >= 15 is 0 Å². The maximum Gasteiger partial charge on any atom is 0.221 e. The van der Waals surface area contributed by atoms with E-state index in [1.54, 1.807) is 24.3 Å². The molecule has 3 heteroatoms. The average molecular weight is 207 g/mol. The molecule has 0 spiro atoms. The van der Waals surface area contributed by atoms with E-state index < -0.39 is 5.91 Å². The number of hydrogen-bond donors (Lipinski definition) is 1. The molecule has 1 aromatic rings. The fraction of sp³-hybridized carbons (Fsp3) is 0.333. The zero-order chi connectivity index (χ0) is 11.8. The molecule has 0 saturated carbocycles. The number of nitrogens with two attached hydrogens (primary N) is 1. The zero-order valence-electron chi connectivity index (χ0n) is 9.41. The first kappa shape index (κ1) is 13.4. The molecule has 0 heterocycles. The first-order chi connectivity index (χ1) is 7.11. The fourth-order valence-electron chi connectivity index (χ4n) is 1.21. The van der Waals surface area contributed by atoms with E-state index in [-0.39, 0.29) is 12.2 Å². The van der Waals surface area contributed by atoms with Crippen LogP contribution < -0.4 is 5.73 Å². The average Bonchev–Trinajstić information content (AvgIpc) is 2.20. The maximum atomic E-state index is 11.1. The van der Waals surface area contributed by atoms with Crippen LogP contribution in [0.1, 0.15) is 36.7 Å². The number of Topliss-reactive ketones (excluding diaryl/α,β-unsaturated/α-hetero) is 1. The van der Waals surface area contributed by atoms with Crippen molar-refractivity contribution < 1.29 is 9.59 Å². The molecular formula is C12H17NO2. The molecule has 1 aromatic carbocycles. The van der Waals surface area contributed by atoms with Gasteiger partial charge in [0.15, 0.2) is 5.78 Å². The number of hydrogen-bond acceptors (Lipinski definition) is 2. The molecule has 3 nitrogen and oxygen atoms in total. The summed E-state index contributed by atoms with van der Waals surface area (Å²) < 4.78 is 0. The molecule has 15 heavy (non-hydrogen) atoms. The molecule has 0 atom stereocenters. The van der Waals surface area contributed by atoms with Gasteiger partial charge in [-0.25, -0.2) is 0 Å². The van der Waals surface area contributed by atoms with E-state index in [9.17, 15) is 9.59 Å². The summed E-state index contributed by atoms with van der Waals surface area (Å²) in [5, 5.41) is 0. The summed E-state index contributed by atoms with van der Waals surface area (Å²) in [5.74, 6) is -0.467. The van der Waals surface area contributed by atoms with Crippen molar-refractivity contribution >= 4 is 11.7 Å². The Morgan fingerprint density at radius 2 is 1.73 bits per heavy atom. The lowest BCUT2D eigenvalue weighted by molar-refractivity contribution is -0.117. The molecular weight excluding hydrogens is 190 g/mol. The van der Waals surface area contributed by atoms with Crippen molar-refractivity contribution in [3.8, 4) is 0 Å². The van der Waals surface area contributed by atoms with Gasteiger partial charge in [-0.15, -0.1) is 0 Å². The Morgan fingerprint density at radius 3 is 2.20 bits per heavy atom. The number of carbonyl (C=O) groups excluding carboxylic acids is 2. The first-order valence-electron chi connectivity index (χ1n) is 4.98. The van der Waals surface area contributed by atoms with Crippen LogP contribution in [0, 0.1) is 0 Å². The molecule has 0 aliphatic heterocycles. The van der Waals surface area contributed by atoms with Crippen molar-refractivity contribution in [2.45, 2.75) is 27.2 Å². The first-order valence-corrected chi connectivity index (χ1v) is 4.98. The monoisotopic (exact) mass is 207 g/mol. The minimum atomic E-state index is -0.422. The third-order valence-electron chi connectivity index (χ3n) is 1.76. The summed E-state index contributed by atoms with van der Waals surface area (Å²) in [5.41, 5.74) is 6.31. The van der Waals surface area contributed by atoms with Gasteiger partial charge in [-0.2, -0.15) is 0 Å². The largest absolute Gasteiger partial charge is 0.369 e. The molecule has 1 amide bonds. The van der Waals surface area contributed by atoms with Crippen LogP contribution in [0.2, 0.25) is 0 Å². The molecule has 0 aliphatic rings. The van der Waals surface area contributed by atoms with Crippen molar-refractivity contribution in [1.29, 1.82) is 0 Å². The Morgan fingerprint density at radius 1 is 1.20 bits per heavy atom. The Balaban J connectivity index is 0.000000921. The van der Waals surface area contributed by atoms with Crippen LogP contribution in [-0.2, 0) is 11.2 Å². The van der Waals surface area contributed by atoms with E-state index in [1.165, 1.54) is 6.92 Å². The van der Waals surface area contributed by atoms with Gasteiger partial charge in [0.1, 0.15) is 0 Å². The van der Waals surface area contributed by atoms with Crippen molar-refractivity contribution in [2.24, 2.45) is 5.73 Å². The summed E-state index contributed by atoms with van der Waals surface area (Å²) in [7, 11) is 0. The van der Waals surface area contributed by atoms with E-state index in [0.29, 0.717) is 11.1 Å². The topological polar surface area (TPSA) is 60.2 Å². The number of amides is 1. The Bertz CT molecular complexity index is 345. The second-order valence-corrected chi connectivity index (χ2v) is 2.86. The molecule has 0 unspecified atom stereocenters. The molecule has 0 fully saturated rings. The maximum absolute atomic E-state index is 11.1. The zero-order valence-corrected chi connectivity index (χ0v) is 9.41. The van der Waals surface area contributed by atoms with Crippen LogP contribution in [0.3, 0.4) is 0 Å². The quantitative estimate of drug-likeness (QED) is 0.770. The van der Waals surface area contributed by atoms with Gasteiger partial charge in [0.2, 0.25) is 5.91 Å². The predicted molar refractivity (Wildman–Crippen MR) is 60.7 cm³/mol. The lowest BCUT2D eigenvalue weighted by Crippen LogP contribution is -2.15. The lowest BCUT2D eigenvalue weighted by atomic mass is 10.0. The molecule has 0 bridgehead atoms. The van der Waals surface area contributed by atoms with Crippen LogP contribution in [-0.4, -0.2) is 11.7 Å². The lowest BCUT2D eigenvalue weighted by Gasteiger charge is -2.03. The number of carbonyl (C=O) groups is 2. The summed E-state index contributed by atoms with van der Waals surface area (Å²) in [6, 6.07) is 6.98. The Labute approximate surface area is 90.3 Å². The number of ketones is 1. The van der Waals surface area contributed by atoms with Gasteiger partial charge in [0.25, 0.3) is 0 Å². The summed E-state index contributed by atoms with van der Waals surface area (Å²) >= 11 is 0. The van der Waals surface area contributed by atoms with Crippen molar-refractivity contribution in [3.63, 3.8) is 0 Å². The Kier molecular flexibility index (Phi) is 6.02. The van der Waals surface area contributed by atoms with Gasteiger partial charge in [0.05, 0.1) is 6.42 Å². The standard InChI is InChI=1S/C10H11NO2.C2H6/c1-7(12)9-5-3-2-4-8(9)6-10(11)13;1-2/h2-5H,6H2,1H3,(H2,11,13);1-2H3. The van der Waals surface area contributed by atoms with Crippen LogP contribution in [0.5, 0.6) is 0 Å². The summed E-state index contributed by atoms with van der Waals surface area (Å²) in [6.07, 6.45) is 0.121. The summed E-state index contributed by atoms with van der Waals surface area (Å²) in [4.78, 5) is 21.8. The van der Waals surface area contributed by atoms with Crippen LogP contribution in [0.25, 0.3) is 0 Å². The number of benzene rings is 1. The van der Waals surface area contributed by atoms with Crippen LogP contribution in [0.15, 0.2) is 24.3 Å². The van der Waals surface area contributed by atoms with Gasteiger partial charge >= 0.3 is 0 Å². The van der Waals surface area contributed by atoms with E-state index in [2.05, 4.69) is 0 Å². The van der Waals surface area contributed by atoms with E-state index in [0.717, 1.165) is 0 Å². The second-order valence-electron chi connectivity index (χ2n) is 2.86. The van der Waals surface area contributed by atoms with Gasteiger partial charge in [-0.05, 0) is 12.5 Å². The third kappa shape index (κ3) is 4.40. The normalized spacial score (nSPS) is 8.73. The minimum absolute atomic E-state index is 0.0446. The van der Waals surface area contributed by atoms with Gasteiger partial charge in [0, 0.05) is 5.56 Å². The molecule has 0 aromatic heterocycles. The smallest absolute Gasteiger partial charge is 0.221 e. The molecule has 1 rings (SSSR count). The number of primary amides is 1. The molecule has 0 saturated heterocycles. The van der Waals surface area contributed by atoms with Crippen LogP contribution in [0.4, 0.5) is 0 Å². The highest BCUT2D eigenvalue weighted by Crippen LogP contribution is 2.09. The molecule has 0 aliphatic carbocycles. The van der Waals surface area contributed by atoms with E-state index in [4.69, 9.17) is 5.73 Å². The third-order valence-corrected chi connectivity index (χ3v) is 1.76. The van der Waals surface area contributed by atoms with Crippen LogP contribution >= 0.6 is 0 Å². The fourth-order valence-corrected chi connectivity index (χ4v) is 1.21. The second kappa shape index (κ2) is 6.76. The van der Waals surface area contributed by atoms with Crippen molar-refractivity contribution in [3.05, 3.63) is 35.4 Å². The van der Waals surface area contributed by atoms with Gasteiger partial charge in [-0.1, -0.05) is 38.1 Å². The molecule has 82 valence electrons. The number of rotatable bonds is 3. The van der Waals surface area contributed by atoms with Crippen molar-refractivity contribution in [2.75, 3.05) is 0 Å². The SMILES string of the molecule is CC.CC(=O)c1ccccc1CC(N)=O. The summed E-state index contributed by atoms with van der Waals surface area (Å²) in [6.45, 7) is 5.47. The molecule has 0 radical (unpaired) electrons.